The van der Waals surface area contributed by atoms with Gasteiger partial charge in [0.1, 0.15) is 5.69 Å². The molecule has 1 aromatic carbocycles. The Kier molecular flexibility index (Phi) is 4.58. The monoisotopic (exact) mass is 363 g/mol. The van der Waals surface area contributed by atoms with Gasteiger partial charge >= 0.3 is 5.97 Å². The molecule has 1 aliphatic carbocycles. The molecule has 0 radical (unpaired) electrons. The van der Waals surface area contributed by atoms with Crippen LogP contribution < -0.4 is 0 Å². The van der Waals surface area contributed by atoms with Crippen LogP contribution in [0.5, 0.6) is 0 Å². The number of aliphatic carboxylic acids is 1. The van der Waals surface area contributed by atoms with Gasteiger partial charge in [0.05, 0.1) is 10.1 Å². The van der Waals surface area contributed by atoms with E-state index in [1.165, 1.54) is 24.3 Å². The lowest BCUT2D eigenvalue weighted by molar-refractivity contribution is -0.129. The number of aryl methyl sites for hydroxylation is 1. The number of aromatic nitrogens is 2. The van der Waals surface area contributed by atoms with E-state index in [0.29, 0.717) is 18.5 Å². The van der Waals surface area contributed by atoms with E-state index < -0.39 is 15.8 Å². The lowest BCUT2D eigenvalue weighted by atomic mass is 10.1. The van der Waals surface area contributed by atoms with Crippen molar-refractivity contribution in [1.29, 1.82) is 0 Å². The van der Waals surface area contributed by atoms with E-state index in [9.17, 15) is 18.3 Å². The fraction of sp³-hybridized carbons (Fsp3) is 0.312. The molecule has 0 atom stereocenters. The molecule has 0 saturated heterocycles. The van der Waals surface area contributed by atoms with Crippen LogP contribution in [0, 0.1) is 0 Å². The fourth-order valence-electron chi connectivity index (χ4n) is 2.29. The molecule has 0 aliphatic heterocycles. The van der Waals surface area contributed by atoms with Gasteiger partial charge in [0.15, 0.2) is 22.2 Å². The minimum atomic E-state index is -3.31. The zero-order chi connectivity index (χ0) is 18.0. The molecule has 1 aromatic heterocycles. The number of carbonyl (C=O) groups is 1. The number of carboxylic acid groups (broad SMARTS) is 1. The maximum Gasteiger partial charge on any atom is 0.358 e. The van der Waals surface area contributed by atoms with Gasteiger partial charge < -0.3 is 9.94 Å². The maximum absolute atomic E-state index is 12.2. The highest BCUT2D eigenvalue weighted by molar-refractivity contribution is 7.92. The average Bonchev–Trinajstić information content (AvgIpc) is 3.35. The average molecular weight is 363 g/mol. The van der Waals surface area contributed by atoms with E-state index in [-0.39, 0.29) is 28.0 Å². The topological polar surface area (TPSA) is 111 Å². The number of carboxylic acids is 1. The molecule has 8 nitrogen and oxygen atoms in total. The Hall–Kier alpha value is -2.68. The first-order chi connectivity index (χ1) is 11.9. The minimum absolute atomic E-state index is 0.0335. The highest BCUT2D eigenvalue weighted by Gasteiger charge is 2.36. The molecule has 1 N–H and O–H groups in total. The summed E-state index contributed by atoms with van der Waals surface area (Å²) in [6, 6.07) is 7.38. The molecule has 9 heteroatoms. The SMILES string of the molecule is Cn1ccc(CO/N=C(/C(=O)O)c2ccc(S(=O)(=O)C3CC3)cc2)n1. The van der Waals surface area contributed by atoms with Crippen LogP contribution in [0.4, 0.5) is 0 Å². The van der Waals surface area contributed by atoms with Gasteiger partial charge in [0, 0.05) is 18.8 Å². The van der Waals surface area contributed by atoms with E-state index in [2.05, 4.69) is 10.3 Å². The molecule has 132 valence electrons. The van der Waals surface area contributed by atoms with Crippen molar-refractivity contribution in [3.05, 3.63) is 47.8 Å². The summed E-state index contributed by atoms with van der Waals surface area (Å²) >= 11 is 0. The second kappa shape index (κ2) is 6.67. The summed E-state index contributed by atoms with van der Waals surface area (Å²) in [6.07, 6.45) is 3.08. The smallest absolute Gasteiger partial charge is 0.358 e. The van der Waals surface area contributed by atoms with Crippen molar-refractivity contribution < 1.29 is 23.2 Å². The van der Waals surface area contributed by atoms with Gasteiger partial charge in [-0.3, -0.25) is 4.68 Å². The number of nitrogens with zero attached hydrogens (tertiary/aromatic N) is 3. The van der Waals surface area contributed by atoms with Gasteiger partial charge in [0.2, 0.25) is 0 Å². The molecule has 1 fully saturated rings. The Morgan fingerprint density at radius 2 is 2.00 bits per heavy atom. The Morgan fingerprint density at radius 1 is 1.32 bits per heavy atom. The highest BCUT2D eigenvalue weighted by Crippen LogP contribution is 2.33. The van der Waals surface area contributed by atoms with Gasteiger partial charge in [-0.2, -0.15) is 5.10 Å². The second-order valence-corrected chi connectivity index (χ2v) is 8.00. The highest BCUT2D eigenvalue weighted by atomic mass is 32.2. The third-order valence-corrected chi connectivity index (χ3v) is 6.04. The summed E-state index contributed by atoms with van der Waals surface area (Å²) in [5.41, 5.74) is 0.580. The summed E-state index contributed by atoms with van der Waals surface area (Å²) in [4.78, 5) is 16.7. The van der Waals surface area contributed by atoms with Crippen LogP contribution >= 0.6 is 0 Å². The molecule has 0 spiro atoms. The molecular weight excluding hydrogens is 346 g/mol. The standard InChI is InChI=1S/C16H17N3O5S/c1-19-9-8-12(17-19)10-24-18-15(16(20)21)11-2-4-13(5-3-11)25(22,23)14-6-7-14/h2-5,8-9,14H,6-7,10H2,1H3,(H,20,21)/b18-15+. The Bertz CT molecular complexity index is 912. The summed E-state index contributed by atoms with van der Waals surface area (Å²) < 4.78 is 25.9. The molecule has 2 aromatic rings. The van der Waals surface area contributed by atoms with Gasteiger partial charge in [0.25, 0.3) is 0 Å². The zero-order valence-electron chi connectivity index (χ0n) is 13.5. The van der Waals surface area contributed by atoms with Crippen LogP contribution in [-0.4, -0.2) is 40.2 Å². The number of sulfone groups is 1. The molecule has 3 rings (SSSR count). The molecule has 1 saturated carbocycles. The molecule has 25 heavy (non-hydrogen) atoms. The first kappa shape index (κ1) is 17.2. The van der Waals surface area contributed by atoms with Crippen LogP contribution in [-0.2, 0) is 33.1 Å². The van der Waals surface area contributed by atoms with E-state index in [4.69, 9.17) is 4.84 Å². The summed E-state index contributed by atoms with van der Waals surface area (Å²) in [5, 5.41) is 16.7. The Morgan fingerprint density at radius 3 is 2.52 bits per heavy atom. The lowest BCUT2D eigenvalue weighted by Crippen LogP contribution is -2.15. The van der Waals surface area contributed by atoms with E-state index >= 15 is 0 Å². The predicted octanol–water partition coefficient (Wildman–Crippen LogP) is 1.36. The quantitative estimate of drug-likeness (QED) is 0.587. The van der Waals surface area contributed by atoms with Crippen molar-refractivity contribution in [2.45, 2.75) is 29.6 Å². The maximum atomic E-state index is 12.2. The summed E-state index contributed by atoms with van der Waals surface area (Å²) in [6.45, 7) is 0.0335. The summed E-state index contributed by atoms with van der Waals surface area (Å²) in [7, 11) is -1.55. The fourth-order valence-corrected chi connectivity index (χ4v) is 3.95. The number of hydrogen-bond donors (Lipinski definition) is 1. The molecule has 0 amide bonds. The Labute approximate surface area is 144 Å². The van der Waals surface area contributed by atoms with Crippen molar-refractivity contribution in [3.8, 4) is 0 Å². The first-order valence-electron chi connectivity index (χ1n) is 7.64. The minimum Gasteiger partial charge on any atom is -0.476 e. The number of hydrogen-bond acceptors (Lipinski definition) is 6. The summed E-state index contributed by atoms with van der Waals surface area (Å²) in [5.74, 6) is -1.26. The molecule has 0 unspecified atom stereocenters. The van der Waals surface area contributed by atoms with Gasteiger partial charge in [-0.25, -0.2) is 13.2 Å². The van der Waals surface area contributed by atoms with Gasteiger partial charge in [-0.15, -0.1) is 0 Å². The second-order valence-electron chi connectivity index (χ2n) is 5.77. The third-order valence-electron chi connectivity index (χ3n) is 3.76. The number of rotatable bonds is 7. The zero-order valence-corrected chi connectivity index (χ0v) is 14.3. The van der Waals surface area contributed by atoms with E-state index in [1.54, 1.807) is 24.0 Å². The molecule has 0 bridgehead atoms. The Balaban J connectivity index is 1.76. The van der Waals surface area contributed by atoms with E-state index in [1.807, 2.05) is 0 Å². The van der Waals surface area contributed by atoms with Crippen LogP contribution in [0.3, 0.4) is 0 Å². The van der Waals surface area contributed by atoms with Crippen molar-refractivity contribution >= 4 is 21.5 Å². The van der Waals surface area contributed by atoms with Crippen LogP contribution in [0.25, 0.3) is 0 Å². The normalized spacial score (nSPS) is 15.2. The lowest BCUT2D eigenvalue weighted by Gasteiger charge is -2.05. The van der Waals surface area contributed by atoms with Crippen LogP contribution in [0.15, 0.2) is 46.6 Å². The molecule has 1 aliphatic rings. The van der Waals surface area contributed by atoms with Crippen LogP contribution in [0.1, 0.15) is 24.1 Å². The van der Waals surface area contributed by atoms with Crippen LogP contribution in [0.2, 0.25) is 0 Å². The van der Waals surface area contributed by atoms with Gasteiger partial charge in [-0.1, -0.05) is 17.3 Å². The number of benzene rings is 1. The molecule has 1 heterocycles. The molecular formula is C16H17N3O5S. The van der Waals surface area contributed by atoms with Crippen molar-refractivity contribution in [1.82, 2.24) is 9.78 Å². The first-order valence-corrected chi connectivity index (χ1v) is 9.18. The van der Waals surface area contributed by atoms with Crippen molar-refractivity contribution in [2.24, 2.45) is 12.2 Å². The largest absolute Gasteiger partial charge is 0.476 e. The predicted molar refractivity (Wildman–Crippen MR) is 88.8 cm³/mol. The number of oxime groups is 1. The van der Waals surface area contributed by atoms with Crippen molar-refractivity contribution in [3.63, 3.8) is 0 Å². The van der Waals surface area contributed by atoms with E-state index in [0.717, 1.165) is 0 Å². The van der Waals surface area contributed by atoms with Gasteiger partial charge in [-0.05, 0) is 31.0 Å². The van der Waals surface area contributed by atoms with Crippen molar-refractivity contribution in [2.75, 3.05) is 0 Å². The third kappa shape index (κ3) is 3.87.